The first-order valence-electron chi connectivity index (χ1n) is 6.23. The standard InChI is InChI=1S/C14H21NO2/c1-3-4-5-6-9-15-12-7-8-13(14(16)17)11(2)10-12/h7-8,10,15H,3-6,9H2,1-2H3,(H,16,17). The van der Waals surface area contributed by atoms with Gasteiger partial charge in [-0.2, -0.15) is 0 Å². The van der Waals surface area contributed by atoms with Gasteiger partial charge in [-0.05, 0) is 37.1 Å². The minimum absolute atomic E-state index is 0.376. The predicted molar refractivity (Wildman–Crippen MR) is 70.8 cm³/mol. The second-order valence-electron chi connectivity index (χ2n) is 4.32. The SMILES string of the molecule is CCCCCCNc1ccc(C(=O)O)c(C)c1. The number of carboxylic acids is 1. The number of hydrogen-bond acceptors (Lipinski definition) is 2. The van der Waals surface area contributed by atoms with Crippen LogP contribution in [0, 0.1) is 6.92 Å². The lowest BCUT2D eigenvalue weighted by Crippen LogP contribution is -2.04. The second kappa shape index (κ2) is 6.94. The van der Waals surface area contributed by atoms with Crippen LogP contribution in [-0.2, 0) is 0 Å². The van der Waals surface area contributed by atoms with Crippen LogP contribution in [0.25, 0.3) is 0 Å². The summed E-state index contributed by atoms with van der Waals surface area (Å²) in [4.78, 5) is 10.8. The Labute approximate surface area is 103 Å². The van der Waals surface area contributed by atoms with Crippen LogP contribution in [0.3, 0.4) is 0 Å². The van der Waals surface area contributed by atoms with E-state index in [-0.39, 0.29) is 0 Å². The molecule has 0 heterocycles. The van der Waals surface area contributed by atoms with Crippen molar-refractivity contribution in [2.45, 2.75) is 39.5 Å². The van der Waals surface area contributed by atoms with Gasteiger partial charge in [0.2, 0.25) is 0 Å². The average Bonchev–Trinajstić information content (AvgIpc) is 2.28. The summed E-state index contributed by atoms with van der Waals surface area (Å²) in [5, 5.41) is 12.2. The van der Waals surface area contributed by atoms with Crippen molar-refractivity contribution in [3.63, 3.8) is 0 Å². The third kappa shape index (κ3) is 4.47. The van der Waals surface area contributed by atoms with E-state index in [1.807, 2.05) is 19.1 Å². The maximum Gasteiger partial charge on any atom is 0.335 e. The Balaban J connectivity index is 2.45. The molecule has 0 radical (unpaired) electrons. The van der Waals surface area contributed by atoms with Crippen molar-refractivity contribution in [3.8, 4) is 0 Å². The molecule has 1 aromatic rings. The molecular weight excluding hydrogens is 214 g/mol. The highest BCUT2D eigenvalue weighted by Crippen LogP contribution is 2.15. The van der Waals surface area contributed by atoms with Crippen LogP contribution in [0.5, 0.6) is 0 Å². The Morgan fingerprint density at radius 2 is 2.06 bits per heavy atom. The van der Waals surface area contributed by atoms with E-state index in [9.17, 15) is 4.79 Å². The number of aryl methyl sites for hydroxylation is 1. The van der Waals surface area contributed by atoms with Gasteiger partial charge in [-0.25, -0.2) is 4.79 Å². The van der Waals surface area contributed by atoms with Crippen molar-refractivity contribution in [2.75, 3.05) is 11.9 Å². The molecule has 3 nitrogen and oxygen atoms in total. The summed E-state index contributed by atoms with van der Waals surface area (Å²) in [6.07, 6.45) is 4.92. The lowest BCUT2D eigenvalue weighted by atomic mass is 10.1. The molecule has 0 spiro atoms. The minimum Gasteiger partial charge on any atom is -0.478 e. The molecular formula is C14H21NO2. The number of unbranched alkanes of at least 4 members (excludes halogenated alkanes) is 3. The van der Waals surface area contributed by atoms with Gasteiger partial charge in [0.15, 0.2) is 0 Å². The van der Waals surface area contributed by atoms with Crippen molar-refractivity contribution in [1.82, 2.24) is 0 Å². The van der Waals surface area contributed by atoms with Crippen LogP contribution in [0.4, 0.5) is 5.69 Å². The largest absolute Gasteiger partial charge is 0.478 e. The third-order valence-electron chi connectivity index (χ3n) is 2.82. The molecule has 0 aliphatic rings. The number of anilines is 1. The van der Waals surface area contributed by atoms with Crippen molar-refractivity contribution in [2.24, 2.45) is 0 Å². The van der Waals surface area contributed by atoms with Gasteiger partial charge in [-0.3, -0.25) is 0 Å². The summed E-state index contributed by atoms with van der Waals surface area (Å²) in [5.74, 6) is -0.864. The molecule has 0 aromatic heterocycles. The summed E-state index contributed by atoms with van der Waals surface area (Å²) < 4.78 is 0. The van der Waals surface area contributed by atoms with Gasteiger partial charge >= 0.3 is 5.97 Å². The summed E-state index contributed by atoms with van der Waals surface area (Å²) in [6.45, 7) is 4.97. The van der Waals surface area contributed by atoms with Crippen LogP contribution in [-0.4, -0.2) is 17.6 Å². The van der Waals surface area contributed by atoms with E-state index in [2.05, 4.69) is 12.2 Å². The van der Waals surface area contributed by atoms with Crippen LogP contribution >= 0.6 is 0 Å². The van der Waals surface area contributed by atoms with E-state index < -0.39 is 5.97 Å². The number of benzene rings is 1. The van der Waals surface area contributed by atoms with E-state index >= 15 is 0 Å². The molecule has 0 saturated carbocycles. The number of carboxylic acid groups (broad SMARTS) is 1. The summed E-state index contributed by atoms with van der Waals surface area (Å²) >= 11 is 0. The molecule has 0 aliphatic carbocycles. The first-order valence-corrected chi connectivity index (χ1v) is 6.23. The molecule has 2 N–H and O–H groups in total. The highest BCUT2D eigenvalue weighted by atomic mass is 16.4. The summed E-state index contributed by atoms with van der Waals surface area (Å²) in [5.41, 5.74) is 2.18. The third-order valence-corrected chi connectivity index (χ3v) is 2.82. The highest BCUT2D eigenvalue weighted by Gasteiger charge is 2.06. The minimum atomic E-state index is -0.864. The highest BCUT2D eigenvalue weighted by molar-refractivity contribution is 5.89. The molecule has 0 bridgehead atoms. The molecule has 0 aliphatic heterocycles. The lowest BCUT2D eigenvalue weighted by molar-refractivity contribution is 0.0696. The lowest BCUT2D eigenvalue weighted by Gasteiger charge is -2.08. The number of aromatic carboxylic acids is 1. The molecule has 3 heteroatoms. The maximum absolute atomic E-state index is 10.8. The molecule has 0 saturated heterocycles. The second-order valence-corrected chi connectivity index (χ2v) is 4.32. The first-order chi connectivity index (χ1) is 8.15. The van der Waals surface area contributed by atoms with E-state index in [0.29, 0.717) is 5.56 Å². The Bertz CT molecular complexity index is 374. The van der Waals surface area contributed by atoms with E-state index in [4.69, 9.17) is 5.11 Å². The van der Waals surface area contributed by atoms with Crippen LogP contribution in [0.2, 0.25) is 0 Å². The molecule has 0 atom stereocenters. The van der Waals surface area contributed by atoms with Gasteiger partial charge in [0, 0.05) is 12.2 Å². The van der Waals surface area contributed by atoms with E-state index in [1.54, 1.807) is 6.07 Å². The normalized spacial score (nSPS) is 10.2. The number of hydrogen-bond donors (Lipinski definition) is 2. The zero-order valence-corrected chi connectivity index (χ0v) is 10.6. The molecule has 17 heavy (non-hydrogen) atoms. The van der Waals surface area contributed by atoms with E-state index in [0.717, 1.165) is 24.2 Å². The van der Waals surface area contributed by atoms with Crippen LogP contribution in [0.1, 0.15) is 48.5 Å². The average molecular weight is 235 g/mol. The predicted octanol–water partition coefficient (Wildman–Crippen LogP) is 3.69. The first kappa shape index (κ1) is 13.6. The van der Waals surface area contributed by atoms with Gasteiger partial charge in [0.1, 0.15) is 0 Å². The van der Waals surface area contributed by atoms with Gasteiger partial charge < -0.3 is 10.4 Å². The Hall–Kier alpha value is -1.51. The Kier molecular flexibility index (Phi) is 5.53. The molecule has 94 valence electrons. The fraction of sp³-hybridized carbons (Fsp3) is 0.500. The van der Waals surface area contributed by atoms with Crippen molar-refractivity contribution in [3.05, 3.63) is 29.3 Å². The Morgan fingerprint density at radius 1 is 1.29 bits per heavy atom. The molecule has 0 amide bonds. The monoisotopic (exact) mass is 235 g/mol. The molecule has 0 fully saturated rings. The van der Waals surface area contributed by atoms with Crippen LogP contribution in [0.15, 0.2) is 18.2 Å². The molecule has 1 aromatic carbocycles. The van der Waals surface area contributed by atoms with E-state index in [1.165, 1.54) is 19.3 Å². The fourth-order valence-electron chi connectivity index (χ4n) is 1.80. The van der Waals surface area contributed by atoms with Crippen molar-refractivity contribution >= 4 is 11.7 Å². The zero-order valence-electron chi connectivity index (χ0n) is 10.6. The van der Waals surface area contributed by atoms with Crippen molar-refractivity contribution < 1.29 is 9.90 Å². The number of rotatable bonds is 7. The summed E-state index contributed by atoms with van der Waals surface area (Å²) in [6, 6.07) is 5.38. The number of carbonyl (C=O) groups is 1. The quantitative estimate of drug-likeness (QED) is 0.709. The molecule has 1 rings (SSSR count). The zero-order chi connectivity index (χ0) is 12.7. The maximum atomic E-state index is 10.8. The molecule has 0 unspecified atom stereocenters. The van der Waals surface area contributed by atoms with Gasteiger partial charge in [-0.1, -0.05) is 26.2 Å². The van der Waals surface area contributed by atoms with Gasteiger partial charge in [-0.15, -0.1) is 0 Å². The number of nitrogens with one attached hydrogen (secondary N) is 1. The van der Waals surface area contributed by atoms with Gasteiger partial charge in [0.25, 0.3) is 0 Å². The summed E-state index contributed by atoms with van der Waals surface area (Å²) in [7, 11) is 0. The van der Waals surface area contributed by atoms with Crippen LogP contribution < -0.4 is 5.32 Å². The smallest absolute Gasteiger partial charge is 0.335 e. The van der Waals surface area contributed by atoms with Crippen molar-refractivity contribution in [1.29, 1.82) is 0 Å². The van der Waals surface area contributed by atoms with Gasteiger partial charge in [0.05, 0.1) is 5.56 Å². The topological polar surface area (TPSA) is 49.3 Å². The fourth-order valence-corrected chi connectivity index (χ4v) is 1.80. The Morgan fingerprint density at radius 3 is 2.65 bits per heavy atom.